The molecule has 3 atom stereocenters. The summed E-state index contributed by atoms with van der Waals surface area (Å²) in [6, 6.07) is 0. The van der Waals surface area contributed by atoms with Crippen LogP contribution in [0, 0.1) is 11.8 Å². The lowest BCUT2D eigenvalue weighted by atomic mass is 9.79. The Bertz CT molecular complexity index is 273. The van der Waals surface area contributed by atoms with E-state index in [1.54, 1.807) is 11.3 Å². The highest BCUT2D eigenvalue weighted by atomic mass is 32.1. The van der Waals surface area contributed by atoms with Crippen molar-refractivity contribution in [2.75, 3.05) is 0 Å². The van der Waals surface area contributed by atoms with Gasteiger partial charge in [0.25, 0.3) is 0 Å². The van der Waals surface area contributed by atoms with Gasteiger partial charge >= 0.3 is 0 Å². The van der Waals surface area contributed by atoms with E-state index in [1.807, 2.05) is 11.6 Å². The van der Waals surface area contributed by atoms with Gasteiger partial charge in [-0.15, -0.1) is 11.3 Å². The molecule has 0 saturated heterocycles. The molecule has 3 heteroatoms. The maximum absolute atomic E-state index is 9.86. The zero-order valence-corrected chi connectivity index (χ0v) is 9.33. The highest BCUT2D eigenvalue weighted by Crippen LogP contribution is 2.31. The molecule has 0 radical (unpaired) electrons. The normalized spacial score (nSPS) is 33.1. The molecule has 3 unspecified atom stereocenters. The van der Waals surface area contributed by atoms with Crippen molar-refractivity contribution in [2.24, 2.45) is 11.8 Å². The van der Waals surface area contributed by atoms with E-state index >= 15 is 0 Å². The molecule has 1 aromatic heterocycles. The van der Waals surface area contributed by atoms with Crippen molar-refractivity contribution in [1.29, 1.82) is 0 Å². The summed E-state index contributed by atoms with van der Waals surface area (Å²) < 4.78 is 0. The summed E-state index contributed by atoms with van der Waals surface area (Å²) in [5.74, 6) is 1.20. The quantitative estimate of drug-likeness (QED) is 0.815. The maximum Gasteiger partial charge on any atom is 0.0928 e. The number of nitrogens with zero attached hydrogens (tertiary/aromatic N) is 1. The molecular weight excluding hydrogens is 194 g/mol. The third kappa shape index (κ3) is 2.34. The fraction of sp³-hybridized carbons (Fsp3) is 0.727. The molecule has 2 rings (SSSR count). The van der Waals surface area contributed by atoms with Crippen LogP contribution in [0.1, 0.15) is 31.2 Å². The lowest BCUT2D eigenvalue weighted by molar-refractivity contribution is 0.0519. The molecule has 1 N–H and O–H groups in total. The molecule has 78 valence electrons. The van der Waals surface area contributed by atoms with Gasteiger partial charge in [0.15, 0.2) is 0 Å². The molecule has 1 aliphatic rings. The van der Waals surface area contributed by atoms with Gasteiger partial charge in [-0.05, 0) is 31.1 Å². The van der Waals surface area contributed by atoms with Crippen molar-refractivity contribution in [3.63, 3.8) is 0 Å². The summed E-state index contributed by atoms with van der Waals surface area (Å²) in [5, 5.41) is 13.0. The lowest BCUT2D eigenvalue weighted by Crippen LogP contribution is -2.29. The molecule has 0 spiro atoms. The number of hydrogen-bond acceptors (Lipinski definition) is 3. The van der Waals surface area contributed by atoms with Gasteiger partial charge in [-0.3, -0.25) is 0 Å². The Morgan fingerprint density at radius 1 is 1.57 bits per heavy atom. The molecule has 2 nitrogen and oxygen atoms in total. The summed E-state index contributed by atoms with van der Waals surface area (Å²) in [6.07, 6.45) is 6.00. The summed E-state index contributed by atoms with van der Waals surface area (Å²) in [6.45, 7) is 2.28. The molecule has 1 heterocycles. The molecule has 1 saturated carbocycles. The second kappa shape index (κ2) is 4.41. The largest absolute Gasteiger partial charge is 0.393 e. The van der Waals surface area contributed by atoms with Gasteiger partial charge in [-0.2, -0.15) is 0 Å². The van der Waals surface area contributed by atoms with Crippen LogP contribution >= 0.6 is 11.3 Å². The second-order valence-corrected chi connectivity index (χ2v) is 5.35. The third-order valence-electron chi connectivity index (χ3n) is 3.12. The lowest BCUT2D eigenvalue weighted by Gasteiger charge is -2.31. The van der Waals surface area contributed by atoms with Crippen molar-refractivity contribution < 1.29 is 5.11 Å². The maximum atomic E-state index is 9.86. The van der Waals surface area contributed by atoms with E-state index in [-0.39, 0.29) is 6.10 Å². The van der Waals surface area contributed by atoms with Crippen LogP contribution in [0.3, 0.4) is 0 Å². The van der Waals surface area contributed by atoms with E-state index in [0.29, 0.717) is 5.92 Å². The molecule has 0 bridgehead atoms. The predicted molar refractivity (Wildman–Crippen MR) is 58.3 cm³/mol. The number of thiazole rings is 1. The highest BCUT2D eigenvalue weighted by Gasteiger charge is 2.27. The van der Waals surface area contributed by atoms with Crippen LogP contribution in [-0.2, 0) is 6.42 Å². The molecule has 1 aromatic rings. The van der Waals surface area contributed by atoms with Crippen molar-refractivity contribution in [3.05, 3.63) is 16.6 Å². The van der Waals surface area contributed by atoms with Crippen LogP contribution in [0.5, 0.6) is 0 Å². The number of hydrogen-bond donors (Lipinski definition) is 1. The predicted octanol–water partition coefficient (Wildman–Crippen LogP) is 2.48. The average Bonchev–Trinajstić information content (AvgIpc) is 2.64. The summed E-state index contributed by atoms with van der Waals surface area (Å²) in [7, 11) is 0. The van der Waals surface area contributed by atoms with Gasteiger partial charge in [-0.25, -0.2) is 4.98 Å². The number of aliphatic hydroxyl groups excluding tert-OH is 1. The molecular formula is C11H17NOS. The van der Waals surface area contributed by atoms with Crippen LogP contribution in [0.2, 0.25) is 0 Å². The first-order valence-electron chi connectivity index (χ1n) is 5.32. The molecule has 14 heavy (non-hydrogen) atoms. The molecule has 1 fully saturated rings. The van der Waals surface area contributed by atoms with Gasteiger partial charge in [0, 0.05) is 18.0 Å². The molecule has 0 aliphatic heterocycles. The highest BCUT2D eigenvalue weighted by molar-refractivity contribution is 7.09. The smallest absolute Gasteiger partial charge is 0.0928 e. The monoisotopic (exact) mass is 211 g/mol. The summed E-state index contributed by atoms with van der Waals surface area (Å²) >= 11 is 1.70. The fourth-order valence-electron chi connectivity index (χ4n) is 2.28. The Labute approximate surface area is 89.0 Å². The second-order valence-electron chi connectivity index (χ2n) is 4.38. The van der Waals surface area contributed by atoms with E-state index in [2.05, 4.69) is 11.9 Å². The zero-order valence-electron chi connectivity index (χ0n) is 8.52. The van der Waals surface area contributed by atoms with E-state index in [9.17, 15) is 5.11 Å². The van der Waals surface area contributed by atoms with Crippen LogP contribution < -0.4 is 0 Å². The Balaban J connectivity index is 1.95. The first-order chi connectivity index (χ1) is 6.75. The first kappa shape index (κ1) is 10.1. The minimum Gasteiger partial charge on any atom is -0.393 e. The fourth-order valence-corrected chi connectivity index (χ4v) is 2.99. The van der Waals surface area contributed by atoms with E-state index < -0.39 is 0 Å². The summed E-state index contributed by atoms with van der Waals surface area (Å²) in [4.78, 5) is 4.28. The Kier molecular flexibility index (Phi) is 3.19. The van der Waals surface area contributed by atoms with E-state index in [0.717, 1.165) is 25.2 Å². The number of aliphatic hydroxyl groups is 1. The summed E-state index contributed by atoms with van der Waals surface area (Å²) in [5.41, 5.74) is 0. The molecule has 0 aromatic carbocycles. The van der Waals surface area contributed by atoms with E-state index in [4.69, 9.17) is 0 Å². The van der Waals surface area contributed by atoms with Crippen molar-refractivity contribution >= 4 is 11.3 Å². The Morgan fingerprint density at radius 2 is 2.43 bits per heavy atom. The van der Waals surface area contributed by atoms with Gasteiger partial charge in [0.2, 0.25) is 0 Å². The van der Waals surface area contributed by atoms with Crippen LogP contribution in [0.4, 0.5) is 0 Å². The van der Waals surface area contributed by atoms with Crippen LogP contribution in [0.25, 0.3) is 0 Å². The molecule has 1 aliphatic carbocycles. The van der Waals surface area contributed by atoms with Crippen molar-refractivity contribution in [2.45, 2.75) is 38.7 Å². The Hall–Kier alpha value is -0.410. The average molecular weight is 211 g/mol. The minimum absolute atomic E-state index is 0.102. The SMILES string of the molecule is CC1CCC(O)C(Cc2nccs2)C1. The van der Waals surface area contributed by atoms with Gasteiger partial charge in [-0.1, -0.05) is 6.92 Å². The third-order valence-corrected chi connectivity index (χ3v) is 3.93. The van der Waals surface area contributed by atoms with Crippen molar-refractivity contribution in [3.8, 4) is 0 Å². The van der Waals surface area contributed by atoms with Crippen LogP contribution in [0.15, 0.2) is 11.6 Å². The molecule has 0 amide bonds. The van der Waals surface area contributed by atoms with Crippen LogP contribution in [-0.4, -0.2) is 16.2 Å². The van der Waals surface area contributed by atoms with Gasteiger partial charge in [0.05, 0.1) is 11.1 Å². The number of rotatable bonds is 2. The first-order valence-corrected chi connectivity index (χ1v) is 6.20. The van der Waals surface area contributed by atoms with E-state index in [1.165, 1.54) is 11.4 Å². The van der Waals surface area contributed by atoms with Crippen molar-refractivity contribution in [1.82, 2.24) is 4.98 Å². The Morgan fingerprint density at radius 3 is 3.14 bits per heavy atom. The van der Waals surface area contributed by atoms with Gasteiger partial charge < -0.3 is 5.11 Å². The minimum atomic E-state index is -0.102. The standard InChI is InChI=1S/C11H17NOS/c1-8-2-3-10(13)9(6-8)7-11-12-4-5-14-11/h4-5,8-10,13H,2-3,6-7H2,1H3. The number of aromatic nitrogens is 1. The zero-order chi connectivity index (χ0) is 9.97. The topological polar surface area (TPSA) is 33.1 Å². The van der Waals surface area contributed by atoms with Gasteiger partial charge in [0.1, 0.15) is 0 Å².